The van der Waals surface area contributed by atoms with Crippen LogP contribution in [0.4, 0.5) is 0 Å². The molecule has 1 unspecified atom stereocenters. The highest BCUT2D eigenvalue weighted by Gasteiger charge is 2.25. The number of nitrogens with one attached hydrogen (secondary N) is 1. The first-order valence-corrected chi connectivity index (χ1v) is 7.52. The van der Waals surface area contributed by atoms with Crippen LogP contribution in [0.1, 0.15) is 44.1 Å². The topological polar surface area (TPSA) is 56.9 Å². The van der Waals surface area contributed by atoms with Crippen LogP contribution in [-0.2, 0) is 13.6 Å². The molecule has 2 aromatic heterocycles. The monoisotopic (exact) mass is 291 g/mol. The number of rotatable bonds is 8. The number of nitrogens with zero attached hydrogens (tertiary/aromatic N) is 4. The van der Waals surface area contributed by atoms with Gasteiger partial charge >= 0.3 is 0 Å². The van der Waals surface area contributed by atoms with Gasteiger partial charge in [-0.15, -0.1) is 0 Å². The maximum atomic E-state index is 5.52. The predicted octanol–water partition coefficient (Wildman–Crippen LogP) is 2.12. The number of aromatic nitrogens is 4. The lowest BCUT2D eigenvalue weighted by Gasteiger charge is -2.21. The molecule has 1 atom stereocenters. The van der Waals surface area contributed by atoms with Crippen LogP contribution in [-0.4, -0.2) is 33.0 Å². The standard InChI is InChI=1S/C15H25N5O/c1-5-7-17-14(12-9-16-11-19(12)3)15-13(21-4)10-18-20(15)8-6-2/h9-11,14,17H,5-8H2,1-4H3. The van der Waals surface area contributed by atoms with Gasteiger partial charge in [0, 0.05) is 13.6 Å². The van der Waals surface area contributed by atoms with Crippen molar-refractivity contribution >= 4 is 0 Å². The second kappa shape index (κ2) is 7.26. The molecule has 0 saturated heterocycles. The predicted molar refractivity (Wildman–Crippen MR) is 82.4 cm³/mol. The average Bonchev–Trinajstić information content (AvgIpc) is 3.08. The van der Waals surface area contributed by atoms with E-state index in [9.17, 15) is 0 Å². The Morgan fingerprint density at radius 2 is 2.10 bits per heavy atom. The molecule has 0 bridgehead atoms. The normalized spacial score (nSPS) is 12.6. The number of hydrogen-bond acceptors (Lipinski definition) is 4. The van der Waals surface area contributed by atoms with Crippen LogP contribution in [0.5, 0.6) is 5.75 Å². The Morgan fingerprint density at radius 1 is 1.29 bits per heavy atom. The summed E-state index contributed by atoms with van der Waals surface area (Å²) in [4.78, 5) is 4.24. The maximum Gasteiger partial charge on any atom is 0.161 e. The molecule has 2 aromatic rings. The van der Waals surface area contributed by atoms with Gasteiger partial charge in [-0.1, -0.05) is 13.8 Å². The molecule has 0 aliphatic carbocycles. The minimum atomic E-state index is 0.0291. The summed E-state index contributed by atoms with van der Waals surface area (Å²) in [5.74, 6) is 0.818. The molecule has 0 saturated carbocycles. The second-order valence-corrected chi connectivity index (χ2v) is 5.14. The lowest BCUT2D eigenvalue weighted by atomic mass is 10.1. The third-order valence-electron chi connectivity index (χ3n) is 3.52. The number of methoxy groups -OCH3 is 1. The largest absolute Gasteiger partial charge is 0.493 e. The van der Waals surface area contributed by atoms with Gasteiger partial charge in [-0.3, -0.25) is 4.68 Å². The van der Waals surface area contributed by atoms with E-state index in [0.717, 1.165) is 43.1 Å². The average molecular weight is 291 g/mol. The van der Waals surface area contributed by atoms with Crippen LogP contribution in [0.3, 0.4) is 0 Å². The van der Waals surface area contributed by atoms with Gasteiger partial charge < -0.3 is 14.6 Å². The summed E-state index contributed by atoms with van der Waals surface area (Å²) >= 11 is 0. The summed E-state index contributed by atoms with van der Waals surface area (Å²) in [5.41, 5.74) is 2.18. The second-order valence-electron chi connectivity index (χ2n) is 5.14. The zero-order chi connectivity index (χ0) is 15.2. The van der Waals surface area contributed by atoms with Crippen molar-refractivity contribution in [3.05, 3.63) is 30.1 Å². The number of aryl methyl sites for hydroxylation is 2. The Morgan fingerprint density at radius 3 is 2.67 bits per heavy atom. The molecule has 21 heavy (non-hydrogen) atoms. The van der Waals surface area contributed by atoms with E-state index in [1.54, 1.807) is 13.3 Å². The summed E-state index contributed by atoms with van der Waals surface area (Å²) in [6, 6.07) is 0.0291. The highest BCUT2D eigenvalue weighted by Crippen LogP contribution is 2.30. The summed E-state index contributed by atoms with van der Waals surface area (Å²) < 4.78 is 9.58. The van der Waals surface area contributed by atoms with E-state index < -0.39 is 0 Å². The summed E-state index contributed by atoms with van der Waals surface area (Å²) in [5, 5.41) is 8.05. The van der Waals surface area contributed by atoms with Crippen molar-refractivity contribution in [1.82, 2.24) is 24.6 Å². The fourth-order valence-electron chi connectivity index (χ4n) is 2.49. The smallest absolute Gasteiger partial charge is 0.161 e. The minimum absolute atomic E-state index is 0.0291. The van der Waals surface area contributed by atoms with Gasteiger partial charge in [0.25, 0.3) is 0 Å². The van der Waals surface area contributed by atoms with E-state index in [1.807, 2.05) is 28.8 Å². The van der Waals surface area contributed by atoms with Gasteiger partial charge in [-0.25, -0.2) is 4.98 Å². The Bertz CT molecular complexity index is 560. The maximum absolute atomic E-state index is 5.52. The third-order valence-corrected chi connectivity index (χ3v) is 3.52. The van der Waals surface area contributed by atoms with Gasteiger partial charge in [0.05, 0.1) is 37.6 Å². The molecule has 0 fully saturated rings. The molecule has 116 valence electrons. The number of ether oxygens (including phenoxy) is 1. The van der Waals surface area contributed by atoms with E-state index in [-0.39, 0.29) is 6.04 Å². The molecular formula is C15H25N5O. The molecule has 2 heterocycles. The fourth-order valence-corrected chi connectivity index (χ4v) is 2.49. The highest BCUT2D eigenvalue weighted by molar-refractivity contribution is 5.33. The summed E-state index contributed by atoms with van der Waals surface area (Å²) in [6.45, 7) is 6.11. The van der Waals surface area contributed by atoms with Crippen LogP contribution in [0, 0.1) is 0 Å². The minimum Gasteiger partial charge on any atom is -0.493 e. The SMILES string of the molecule is CCCNC(c1cncn1C)c1c(OC)cnn1CCC. The molecule has 1 N–H and O–H groups in total. The van der Waals surface area contributed by atoms with E-state index in [2.05, 4.69) is 29.2 Å². The van der Waals surface area contributed by atoms with Gasteiger partial charge in [0.2, 0.25) is 0 Å². The zero-order valence-corrected chi connectivity index (χ0v) is 13.3. The summed E-state index contributed by atoms with van der Waals surface area (Å²) in [6.07, 6.45) is 7.61. The van der Waals surface area contributed by atoms with Crippen molar-refractivity contribution in [2.24, 2.45) is 7.05 Å². The lowest BCUT2D eigenvalue weighted by molar-refractivity contribution is 0.395. The van der Waals surface area contributed by atoms with Crippen LogP contribution in [0.15, 0.2) is 18.7 Å². The Kier molecular flexibility index (Phi) is 5.38. The molecule has 6 nitrogen and oxygen atoms in total. The number of imidazole rings is 1. The van der Waals surface area contributed by atoms with Crippen molar-refractivity contribution in [2.75, 3.05) is 13.7 Å². The van der Waals surface area contributed by atoms with Crippen molar-refractivity contribution < 1.29 is 4.74 Å². The van der Waals surface area contributed by atoms with Gasteiger partial charge in [-0.05, 0) is 19.4 Å². The van der Waals surface area contributed by atoms with Crippen LogP contribution in [0.25, 0.3) is 0 Å². The first-order chi connectivity index (χ1) is 10.2. The first kappa shape index (κ1) is 15.6. The quantitative estimate of drug-likeness (QED) is 0.809. The third kappa shape index (κ3) is 3.26. The van der Waals surface area contributed by atoms with E-state index in [4.69, 9.17) is 4.74 Å². The zero-order valence-electron chi connectivity index (χ0n) is 13.3. The Hall–Kier alpha value is -1.82. The van der Waals surface area contributed by atoms with E-state index >= 15 is 0 Å². The Balaban J connectivity index is 2.45. The number of hydrogen-bond donors (Lipinski definition) is 1. The fraction of sp³-hybridized carbons (Fsp3) is 0.600. The highest BCUT2D eigenvalue weighted by atomic mass is 16.5. The van der Waals surface area contributed by atoms with E-state index in [1.165, 1.54) is 0 Å². The van der Waals surface area contributed by atoms with Crippen molar-refractivity contribution in [1.29, 1.82) is 0 Å². The molecule has 0 amide bonds. The molecule has 0 aliphatic rings. The molecular weight excluding hydrogens is 266 g/mol. The molecule has 0 aromatic carbocycles. The van der Waals surface area contributed by atoms with Gasteiger partial charge in [-0.2, -0.15) is 5.10 Å². The molecule has 0 aliphatic heterocycles. The molecule has 0 radical (unpaired) electrons. The first-order valence-electron chi connectivity index (χ1n) is 7.52. The summed E-state index contributed by atoms with van der Waals surface area (Å²) in [7, 11) is 3.70. The molecule has 0 spiro atoms. The van der Waals surface area contributed by atoms with Crippen LogP contribution >= 0.6 is 0 Å². The molecule has 6 heteroatoms. The van der Waals surface area contributed by atoms with Gasteiger partial charge in [0.1, 0.15) is 5.69 Å². The Labute approximate surface area is 126 Å². The van der Waals surface area contributed by atoms with Crippen molar-refractivity contribution in [3.8, 4) is 5.75 Å². The van der Waals surface area contributed by atoms with Crippen LogP contribution < -0.4 is 10.1 Å². The van der Waals surface area contributed by atoms with Crippen molar-refractivity contribution in [2.45, 2.75) is 39.3 Å². The molecule has 2 rings (SSSR count). The van der Waals surface area contributed by atoms with Crippen molar-refractivity contribution in [3.63, 3.8) is 0 Å². The lowest BCUT2D eigenvalue weighted by Crippen LogP contribution is -2.28. The van der Waals surface area contributed by atoms with Crippen LogP contribution in [0.2, 0.25) is 0 Å². The van der Waals surface area contributed by atoms with E-state index in [0.29, 0.717) is 0 Å². The van der Waals surface area contributed by atoms with Gasteiger partial charge in [0.15, 0.2) is 5.75 Å².